The van der Waals surface area contributed by atoms with Crippen LogP contribution in [0.25, 0.3) is 0 Å². The first-order chi connectivity index (χ1) is 6.65. The lowest BCUT2D eigenvalue weighted by atomic mass is 10.2. The molecule has 0 unspecified atom stereocenters. The number of aliphatic hydroxyl groups excluding tert-OH is 1. The molecule has 1 N–H and O–H groups in total. The number of aliphatic hydroxyl groups is 1. The highest BCUT2D eigenvalue weighted by Gasteiger charge is 2.33. The molecule has 0 aromatic carbocycles. The summed E-state index contributed by atoms with van der Waals surface area (Å²) < 4.78 is 12.9. The summed E-state index contributed by atoms with van der Waals surface area (Å²) in [7, 11) is 0. The van der Waals surface area contributed by atoms with Crippen LogP contribution in [-0.4, -0.2) is 41.3 Å². The second-order valence-corrected chi connectivity index (χ2v) is 3.84. The van der Waals surface area contributed by atoms with E-state index in [0.717, 1.165) is 19.3 Å². The van der Waals surface area contributed by atoms with Crippen molar-refractivity contribution in [1.82, 2.24) is 4.90 Å². The number of carbonyl (C=O) groups excluding carboxylic acids is 1. The smallest absolute Gasteiger partial charge is 0.222 e. The van der Waals surface area contributed by atoms with E-state index in [1.807, 2.05) is 0 Å². The van der Waals surface area contributed by atoms with E-state index in [0.29, 0.717) is 6.42 Å². The molecular formula is C10H18FNO2. The molecule has 1 saturated heterocycles. The minimum Gasteiger partial charge on any atom is -0.388 e. The minimum atomic E-state index is -1.26. The van der Waals surface area contributed by atoms with Gasteiger partial charge < -0.3 is 10.0 Å². The fourth-order valence-corrected chi connectivity index (χ4v) is 1.63. The molecule has 0 spiro atoms. The molecular weight excluding hydrogens is 185 g/mol. The molecule has 3 nitrogen and oxygen atoms in total. The Morgan fingerprint density at radius 3 is 2.71 bits per heavy atom. The molecule has 2 atom stereocenters. The molecule has 0 aliphatic carbocycles. The van der Waals surface area contributed by atoms with Crippen LogP contribution < -0.4 is 0 Å². The second kappa shape index (κ2) is 5.29. The Labute approximate surface area is 83.9 Å². The van der Waals surface area contributed by atoms with Gasteiger partial charge in [-0.3, -0.25) is 4.79 Å². The maximum atomic E-state index is 12.9. The summed E-state index contributed by atoms with van der Waals surface area (Å²) >= 11 is 0. The van der Waals surface area contributed by atoms with E-state index >= 15 is 0 Å². The topological polar surface area (TPSA) is 40.5 Å². The van der Waals surface area contributed by atoms with Crippen molar-refractivity contribution < 1.29 is 14.3 Å². The zero-order valence-electron chi connectivity index (χ0n) is 8.58. The van der Waals surface area contributed by atoms with Crippen molar-refractivity contribution in [2.45, 2.75) is 44.9 Å². The Morgan fingerprint density at radius 2 is 2.21 bits per heavy atom. The van der Waals surface area contributed by atoms with Crippen molar-refractivity contribution in [3.05, 3.63) is 0 Å². The van der Waals surface area contributed by atoms with E-state index in [1.165, 1.54) is 4.90 Å². The summed E-state index contributed by atoms with van der Waals surface area (Å²) in [5.41, 5.74) is 0. The first-order valence-corrected chi connectivity index (χ1v) is 5.25. The van der Waals surface area contributed by atoms with E-state index in [4.69, 9.17) is 5.11 Å². The van der Waals surface area contributed by atoms with E-state index in [9.17, 15) is 9.18 Å². The molecule has 4 heteroatoms. The van der Waals surface area contributed by atoms with Gasteiger partial charge in [0.2, 0.25) is 5.91 Å². The first kappa shape index (κ1) is 11.4. The van der Waals surface area contributed by atoms with Crippen molar-refractivity contribution in [3.63, 3.8) is 0 Å². The van der Waals surface area contributed by atoms with Crippen LogP contribution in [0, 0.1) is 0 Å². The average molecular weight is 203 g/mol. The van der Waals surface area contributed by atoms with E-state index in [-0.39, 0.29) is 19.0 Å². The fraction of sp³-hybridized carbons (Fsp3) is 0.900. The van der Waals surface area contributed by atoms with Crippen LogP contribution in [0.15, 0.2) is 0 Å². The van der Waals surface area contributed by atoms with Gasteiger partial charge in [0.05, 0.1) is 6.54 Å². The molecule has 1 fully saturated rings. The summed E-state index contributed by atoms with van der Waals surface area (Å²) in [5.74, 6) is -0.0300. The van der Waals surface area contributed by atoms with Crippen LogP contribution in [0.5, 0.6) is 0 Å². The van der Waals surface area contributed by atoms with Crippen molar-refractivity contribution in [3.8, 4) is 0 Å². The predicted octanol–water partition coefficient (Wildman–Crippen LogP) is 1.11. The Hall–Kier alpha value is -0.640. The molecule has 0 radical (unpaired) electrons. The lowest BCUT2D eigenvalue weighted by Gasteiger charge is -2.14. The van der Waals surface area contributed by atoms with Crippen LogP contribution in [-0.2, 0) is 4.79 Å². The molecule has 0 aromatic rings. The third-order valence-corrected chi connectivity index (χ3v) is 2.57. The van der Waals surface area contributed by atoms with Crippen LogP contribution in [0.2, 0.25) is 0 Å². The molecule has 0 saturated carbocycles. The summed E-state index contributed by atoms with van der Waals surface area (Å²) in [6.07, 6.45) is 1.20. The minimum absolute atomic E-state index is 0.0300. The summed E-state index contributed by atoms with van der Waals surface area (Å²) in [6.45, 7) is 2.29. The number of likely N-dealkylation sites (tertiary alicyclic amines) is 1. The number of hydrogen-bond acceptors (Lipinski definition) is 2. The number of alkyl halides is 1. The highest BCUT2D eigenvalue weighted by Crippen LogP contribution is 2.15. The number of amides is 1. The van der Waals surface area contributed by atoms with Gasteiger partial charge in [-0.2, -0.15) is 0 Å². The van der Waals surface area contributed by atoms with E-state index in [1.54, 1.807) is 0 Å². The maximum Gasteiger partial charge on any atom is 0.222 e. The molecule has 1 aliphatic rings. The Bertz CT molecular complexity index is 189. The standard InChI is InChI=1S/C10H18FNO2/c1-2-3-4-5-10(14)12-6-8(11)9(13)7-12/h8-9,13H,2-7H2,1H3/t8-,9-/m1/s1. The van der Waals surface area contributed by atoms with Gasteiger partial charge in [0.1, 0.15) is 12.3 Å². The Morgan fingerprint density at radius 1 is 1.50 bits per heavy atom. The van der Waals surface area contributed by atoms with Crippen molar-refractivity contribution in [2.75, 3.05) is 13.1 Å². The lowest BCUT2D eigenvalue weighted by molar-refractivity contribution is -0.130. The number of β-amino-alcohol motifs (C(OH)–C–C–N with tert-alkyl or cyclic N) is 1. The van der Waals surface area contributed by atoms with Crippen LogP contribution in [0.3, 0.4) is 0 Å². The third-order valence-electron chi connectivity index (χ3n) is 2.57. The SMILES string of the molecule is CCCCCC(=O)N1C[C@@H](O)[C@H](F)C1. The number of nitrogens with zero attached hydrogens (tertiary/aromatic N) is 1. The van der Waals surface area contributed by atoms with Gasteiger partial charge in [-0.05, 0) is 6.42 Å². The Balaban J connectivity index is 2.25. The maximum absolute atomic E-state index is 12.9. The molecule has 1 heterocycles. The van der Waals surface area contributed by atoms with Gasteiger partial charge in [-0.25, -0.2) is 4.39 Å². The average Bonchev–Trinajstić information content (AvgIpc) is 2.47. The number of unbranched alkanes of at least 4 members (excludes halogenated alkanes) is 2. The first-order valence-electron chi connectivity index (χ1n) is 5.25. The van der Waals surface area contributed by atoms with Crippen LogP contribution in [0.1, 0.15) is 32.6 Å². The lowest BCUT2D eigenvalue weighted by Crippen LogP contribution is -2.29. The number of hydrogen-bond donors (Lipinski definition) is 1. The molecule has 1 rings (SSSR count). The van der Waals surface area contributed by atoms with Crippen molar-refractivity contribution >= 4 is 5.91 Å². The summed E-state index contributed by atoms with van der Waals surface area (Å²) in [6, 6.07) is 0. The molecule has 1 aliphatic heterocycles. The van der Waals surface area contributed by atoms with Gasteiger partial charge in [0.15, 0.2) is 0 Å². The van der Waals surface area contributed by atoms with Crippen LogP contribution in [0.4, 0.5) is 4.39 Å². The van der Waals surface area contributed by atoms with E-state index < -0.39 is 12.3 Å². The van der Waals surface area contributed by atoms with E-state index in [2.05, 4.69) is 6.92 Å². The summed E-state index contributed by atoms with van der Waals surface area (Å²) in [5, 5.41) is 9.12. The second-order valence-electron chi connectivity index (χ2n) is 3.84. The highest BCUT2D eigenvalue weighted by molar-refractivity contribution is 5.76. The third kappa shape index (κ3) is 2.94. The van der Waals surface area contributed by atoms with Crippen LogP contribution >= 0.6 is 0 Å². The summed E-state index contributed by atoms with van der Waals surface area (Å²) in [4.78, 5) is 12.9. The monoisotopic (exact) mass is 203 g/mol. The quantitative estimate of drug-likeness (QED) is 0.695. The van der Waals surface area contributed by atoms with Crippen molar-refractivity contribution in [2.24, 2.45) is 0 Å². The molecule has 82 valence electrons. The van der Waals surface area contributed by atoms with Crippen molar-refractivity contribution in [1.29, 1.82) is 0 Å². The molecule has 0 bridgehead atoms. The van der Waals surface area contributed by atoms with Gasteiger partial charge in [-0.1, -0.05) is 19.8 Å². The number of carbonyl (C=O) groups is 1. The van der Waals surface area contributed by atoms with Gasteiger partial charge in [0, 0.05) is 13.0 Å². The Kier molecular flexibility index (Phi) is 4.32. The largest absolute Gasteiger partial charge is 0.388 e. The fourth-order valence-electron chi connectivity index (χ4n) is 1.63. The molecule has 1 amide bonds. The van der Waals surface area contributed by atoms with Gasteiger partial charge >= 0.3 is 0 Å². The zero-order chi connectivity index (χ0) is 10.6. The number of rotatable bonds is 4. The highest BCUT2D eigenvalue weighted by atomic mass is 19.1. The predicted molar refractivity (Wildman–Crippen MR) is 51.6 cm³/mol. The molecule has 14 heavy (non-hydrogen) atoms. The molecule has 0 aromatic heterocycles. The van der Waals surface area contributed by atoms with Gasteiger partial charge in [-0.15, -0.1) is 0 Å². The van der Waals surface area contributed by atoms with Gasteiger partial charge in [0.25, 0.3) is 0 Å². The zero-order valence-corrected chi connectivity index (χ0v) is 8.58. The number of halogens is 1. The normalized spacial score (nSPS) is 26.9.